The highest BCUT2D eigenvalue weighted by Crippen LogP contribution is 2.42. The van der Waals surface area contributed by atoms with Gasteiger partial charge in [0.15, 0.2) is 0 Å². The quantitative estimate of drug-likeness (QED) is 0.652. The predicted octanol–water partition coefficient (Wildman–Crippen LogP) is 5.79. The Balaban J connectivity index is 2.43. The standard InChI is InChI=1S/C18H27NOSi/c1-13(2)21(14(3)4,15(5)6)20-17-9-10-18-16(12-17)8-7-11-19-18/h7-15H,1-6H3. The highest BCUT2D eigenvalue weighted by Gasteiger charge is 2.46. The van der Waals surface area contributed by atoms with Gasteiger partial charge in [-0.15, -0.1) is 0 Å². The van der Waals surface area contributed by atoms with Gasteiger partial charge >= 0.3 is 0 Å². The number of pyridine rings is 1. The Labute approximate surface area is 129 Å². The van der Waals surface area contributed by atoms with Gasteiger partial charge in [0.1, 0.15) is 5.75 Å². The van der Waals surface area contributed by atoms with E-state index >= 15 is 0 Å². The maximum absolute atomic E-state index is 6.71. The molecule has 1 heterocycles. The number of nitrogens with zero attached hydrogens (tertiary/aromatic N) is 1. The van der Waals surface area contributed by atoms with E-state index in [2.05, 4.69) is 70.8 Å². The normalized spacial score (nSPS) is 12.6. The fourth-order valence-electron chi connectivity index (χ4n) is 3.67. The smallest absolute Gasteiger partial charge is 0.258 e. The van der Waals surface area contributed by atoms with Crippen molar-refractivity contribution in [3.63, 3.8) is 0 Å². The van der Waals surface area contributed by atoms with Gasteiger partial charge in [-0.2, -0.15) is 0 Å². The summed E-state index contributed by atoms with van der Waals surface area (Å²) < 4.78 is 6.71. The Hall–Kier alpha value is -1.35. The molecule has 0 saturated carbocycles. The first-order chi connectivity index (χ1) is 9.87. The molecule has 0 aliphatic carbocycles. The van der Waals surface area contributed by atoms with Gasteiger partial charge in [-0.25, -0.2) is 0 Å². The summed E-state index contributed by atoms with van der Waals surface area (Å²) in [5.74, 6) is 0.998. The van der Waals surface area contributed by atoms with Crippen LogP contribution < -0.4 is 4.43 Å². The molecule has 2 rings (SSSR count). The van der Waals surface area contributed by atoms with Crippen LogP contribution in [0.2, 0.25) is 16.6 Å². The van der Waals surface area contributed by atoms with Crippen LogP contribution >= 0.6 is 0 Å². The molecular weight excluding hydrogens is 274 g/mol. The highest BCUT2D eigenvalue weighted by atomic mass is 28.4. The summed E-state index contributed by atoms with van der Waals surface area (Å²) in [6, 6.07) is 10.3. The van der Waals surface area contributed by atoms with Gasteiger partial charge < -0.3 is 4.43 Å². The molecule has 1 aromatic heterocycles. The lowest BCUT2D eigenvalue weighted by molar-refractivity contribution is 0.480. The number of rotatable bonds is 5. The SMILES string of the molecule is CC(C)[Si](Oc1ccc2ncccc2c1)(C(C)C)C(C)C. The average molecular weight is 302 g/mol. The summed E-state index contributed by atoms with van der Waals surface area (Å²) in [5, 5.41) is 1.15. The molecule has 0 amide bonds. The van der Waals surface area contributed by atoms with Crippen LogP contribution in [0.25, 0.3) is 10.9 Å². The van der Waals surface area contributed by atoms with Crippen LogP contribution in [-0.4, -0.2) is 13.3 Å². The van der Waals surface area contributed by atoms with Crippen LogP contribution in [0.4, 0.5) is 0 Å². The minimum Gasteiger partial charge on any atom is -0.543 e. The molecule has 0 radical (unpaired) electrons. The largest absolute Gasteiger partial charge is 0.543 e. The molecule has 0 saturated heterocycles. The number of aromatic nitrogens is 1. The molecule has 0 fully saturated rings. The Morgan fingerprint density at radius 2 is 1.52 bits per heavy atom. The van der Waals surface area contributed by atoms with Crippen molar-refractivity contribution in [3.05, 3.63) is 36.5 Å². The summed E-state index contributed by atoms with van der Waals surface area (Å²) in [6.07, 6.45) is 1.83. The number of hydrogen-bond donors (Lipinski definition) is 0. The number of benzene rings is 1. The lowest BCUT2D eigenvalue weighted by Crippen LogP contribution is -2.50. The zero-order valence-electron chi connectivity index (χ0n) is 14.1. The second-order valence-corrected chi connectivity index (χ2v) is 12.2. The first kappa shape index (κ1) is 16.0. The van der Waals surface area contributed by atoms with Gasteiger partial charge in [0.2, 0.25) is 0 Å². The highest BCUT2D eigenvalue weighted by molar-refractivity contribution is 6.78. The Bertz CT molecular complexity index is 585. The molecule has 114 valence electrons. The van der Waals surface area contributed by atoms with Gasteiger partial charge in [0, 0.05) is 11.6 Å². The molecule has 0 aliphatic heterocycles. The molecule has 2 nitrogen and oxygen atoms in total. The van der Waals surface area contributed by atoms with Crippen molar-refractivity contribution in [2.24, 2.45) is 0 Å². The van der Waals surface area contributed by atoms with Crippen molar-refractivity contribution in [1.82, 2.24) is 4.98 Å². The first-order valence-corrected chi connectivity index (χ1v) is 10.1. The Kier molecular flexibility index (Phi) is 4.72. The summed E-state index contributed by atoms with van der Waals surface area (Å²) in [7, 11) is -1.88. The predicted molar refractivity (Wildman–Crippen MR) is 93.4 cm³/mol. The average Bonchev–Trinajstić information content (AvgIpc) is 2.43. The monoisotopic (exact) mass is 301 g/mol. The zero-order valence-corrected chi connectivity index (χ0v) is 15.1. The molecule has 0 aliphatic rings. The van der Waals surface area contributed by atoms with E-state index in [1.807, 2.05) is 12.3 Å². The number of fused-ring (bicyclic) bond motifs is 1. The molecule has 1 aromatic carbocycles. The third-order valence-electron chi connectivity index (χ3n) is 4.58. The molecule has 21 heavy (non-hydrogen) atoms. The molecule has 2 aromatic rings. The zero-order chi connectivity index (χ0) is 15.6. The van der Waals surface area contributed by atoms with Gasteiger partial charge in [0.05, 0.1) is 5.52 Å². The minimum atomic E-state index is -1.88. The van der Waals surface area contributed by atoms with Crippen molar-refractivity contribution in [2.45, 2.75) is 58.2 Å². The number of hydrogen-bond acceptors (Lipinski definition) is 2. The molecule has 0 spiro atoms. The molecular formula is C18H27NOSi. The van der Waals surface area contributed by atoms with E-state index < -0.39 is 8.32 Å². The van der Waals surface area contributed by atoms with E-state index in [9.17, 15) is 0 Å². The third-order valence-corrected chi connectivity index (χ3v) is 10.6. The Morgan fingerprint density at radius 3 is 2.10 bits per heavy atom. The van der Waals surface area contributed by atoms with Gasteiger partial charge in [0.25, 0.3) is 8.32 Å². The van der Waals surface area contributed by atoms with E-state index in [1.54, 1.807) is 0 Å². The summed E-state index contributed by atoms with van der Waals surface area (Å²) in [5.41, 5.74) is 2.78. The van der Waals surface area contributed by atoms with E-state index in [0.717, 1.165) is 16.7 Å². The van der Waals surface area contributed by atoms with E-state index in [-0.39, 0.29) is 0 Å². The van der Waals surface area contributed by atoms with Crippen molar-refractivity contribution in [1.29, 1.82) is 0 Å². The minimum absolute atomic E-state index is 0.585. The van der Waals surface area contributed by atoms with E-state index in [0.29, 0.717) is 16.6 Å². The van der Waals surface area contributed by atoms with Crippen LogP contribution in [0, 0.1) is 0 Å². The van der Waals surface area contributed by atoms with Crippen LogP contribution in [0.15, 0.2) is 36.5 Å². The molecule has 3 heteroatoms. The first-order valence-electron chi connectivity index (χ1n) is 7.91. The van der Waals surface area contributed by atoms with Crippen LogP contribution in [0.3, 0.4) is 0 Å². The van der Waals surface area contributed by atoms with Gasteiger partial charge in [-0.1, -0.05) is 47.6 Å². The fourth-order valence-corrected chi connectivity index (χ4v) is 8.92. The maximum atomic E-state index is 6.71. The molecule has 0 bridgehead atoms. The molecule has 0 N–H and O–H groups in total. The lowest BCUT2D eigenvalue weighted by Gasteiger charge is -2.42. The second-order valence-electron chi connectivity index (χ2n) is 6.78. The van der Waals surface area contributed by atoms with Gasteiger partial charge in [-0.05, 0) is 40.9 Å². The second kappa shape index (κ2) is 6.18. The van der Waals surface area contributed by atoms with Crippen LogP contribution in [0.1, 0.15) is 41.5 Å². The lowest BCUT2D eigenvalue weighted by atomic mass is 10.2. The third kappa shape index (κ3) is 2.98. The Morgan fingerprint density at radius 1 is 0.905 bits per heavy atom. The summed E-state index contributed by atoms with van der Waals surface area (Å²) >= 11 is 0. The van der Waals surface area contributed by atoms with Gasteiger partial charge in [-0.3, -0.25) is 4.98 Å². The van der Waals surface area contributed by atoms with Crippen LogP contribution in [-0.2, 0) is 0 Å². The van der Waals surface area contributed by atoms with Crippen molar-refractivity contribution < 1.29 is 4.43 Å². The van der Waals surface area contributed by atoms with E-state index in [4.69, 9.17) is 4.43 Å². The van der Waals surface area contributed by atoms with Crippen molar-refractivity contribution in [3.8, 4) is 5.75 Å². The molecule has 0 atom stereocenters. The van der Waals surface area contributed by atoms with Crippen molar-refractivity contribution >= 4 is 19.2 Å². The topological polar surface area (TPSA) is 22.1 Å². The van der Waals surface area contributed by atoms with E-state index in [1.165, 1.54) is 0 Å². The summed E-state index contributed by atoms with van der Waals surface area (Å²) in [4.78, 5) is 4.38. The maximum Gasteiger partial charge on any atom is 0.258 e. The fraction of sp³-hybridized carbons (Fsp3) is 0.500. The molecule has 0 unspecified atom stereocenters. The summed E-state index contributed by atoms with van der Waals surface area (Å²) in [6.45, 7) is 13.9. The van der Waals surface area contributed by atoms with Crippen molar-refractivity contribution in [2.75, 3.05) is 0 Å². The van der Waals surface area contributed by atoms with Crippen LogP contribution in [0.5, 0.6) is 5.75 Å².